The van der Waals surface area contributed by atoms with E-state index in [4.69, 9.17) is 10.2 Å². The number of carbonyl (C=O) groups is 3. The van der Waals surface area contributed by atoms with Crippen molar-refractivity contribution in [2.24, 2.45) is 10.8 Å². The van der Waals surface area contributed by atoms with Crippen LogP contribution in [0.25, 0.3) is 55.5 Å². The van der Waals surface area contributed by atoms with E-state index >= 15 is 0 Å². The number of thiophene rings is 1. The number of hydrogen-bond donors (Lipinski definition) is 3. The van der Waals surface area contributed by atoms with Gasteiger partial charge in [-0.2, -0.15) is 25.3 Å². The number of pyridine rings is 5. The maximum Gasteiger partial charge on any atom is 0.432 e. The molecule has 0 saturated carbocycles. The number of carbonyl (C=O) groups excluding carboxylic acids is 2. The summed E-state index contributed by atoms with van der Waals surface area (Å²) in [6.45, 7) is 15.6. The van der Waals surface area contributed by atoms with E-state index in [2.05, 4.69) is 73.5 Å². The van der Waals surface area contributed by atoms with Gasteiger partial charge in [-0.15, -0.1) is 113 Å². The summed E-state index contributed by atoms with van der Waals surface area (Å²) in [5.41, 5.74) is 7.21. The van der Waals surface area contributed by atoms with Crippen LogP contribution in [0.4, 0.5) is 13.2 Å². The number of benzene rings is 4. The Morgan fingerprint density at radius 3 is 1.36 bits per heavy atom. The summed E-state index contributed by atoms with van der Waals surface area (Å²) in [6.07, 6.45) is 4.91. The summed E-state index contributed by atoms with van der Waals surface area (Å²) in [4.78, 5) is 52.7. The van der Waals surface area contributed by atoms with Crippen LogP contribution in [-0.2, 0) is 96.2 Å². The van der Waals surface area contributed by atoms with Crippen LogP contribution in [0.5, 0.6) is 0 Å². The predicted molar refractivity (Wildman–Crippen MR) is 340 cm³/mol. The summed E-state index contributed by atoms with van der Waals surface area (Å²) >= 11 is 1.66. The van der Waals surface area contributed by atoms with E-state index in [9.17, 15) is 32.7 Å². The maximum absolute atomic E-state index is 12.6. The predicted octanol–water partition coefficient (Wildman–Crippen LogP) is 18.1. The first-order valence-electron chi connectivity index (χ1n) is 27.1. The Bertz CT molecular complexity index is 3600. The second-order valence-corrected chi connectivity index (χ2v) is 21.6. The first kappa shape index (κ1) is 83.6. The Morgan fingerprint density at radius 2 is 0.967 bits per heavy atom. The minimum Gasteiger partial charge on any atom is -0.512 e. The molecule has 6 heterocycles. The quantitative estimate of drug-likeness (QED) is 0.0750. The van der Waals surface area contributed by atoms with Crippen LogP contribution in [-0.4, -0.2) is 57.8 Å². The number of aromatic carboxylic acids is 1. The minimum atomic E-state index is -4.42. The molecule has 0 atom stereocenters. The number of aliphatic hydroxyl groups is 2. The average Bonchev–Trinajstić information content (AvgIpc) is 1.48. The van der Waals surface area contributed by atoms with Gasteiger partial charge in [-0.25, -0.2) is 21.1 Å². The standard InChI is InChI=1S/C17H12N.C13H9F3N.C11H8N.C11H20O2.C9H6NS.C6H5NO2.C5H8O2.4Ir/c1-2-7-14(8-3-1)15-9-6-10-16(13-15)17-11-4-5-12-18-17;1-9-7-11(10-5-3-2-4-6-10)17-12(8-9)13(14,15)16;1-2-6-10(7-3-1)11-8-4-5-9-12-11;1-10(2,3)8(12)7-9(13)11(4,5)6;1-2-6-10-8(4-1)9-5-3-7-11-9;8-6(9)5-3-1-2-4-7-5;1-4(6)3-5(2)7;;;;/h1-9,11-13H;2-5,7-8H,1H3;1-6,8-9H;7,12H,1-6H3;1-4,6-7H;1-4H,(H,8,9);3,6H,1-2H3;;;;/q3*-1;;-1;;;;;;. The van der Waals surface area contributed by atoms with Gasteiger partial charge in [0.2, 0.25) is 0 Å². The van der Waals surface area contributed by atoms with Crippen molar-refractivity contribution >= 4 is 28.9 Å². The molecule has 0 aliphatic rings. The molecule has 91 heavy (non-hydrogen) atoms. The van der Waals surface area contributed by atoms with Crippen LogP contribution in [0.15, 0.2) is 242 Å². The molecule has 4 radical (unpaired) electrons. The molecule has 0 spiro atoms. The molecule has 6 aromatic heterocycles. The smallest absolute Gasteiger partial charge is 0.432 e. The normalized spacial score (nSPS) is 10.5. The third-order valence-corrected chi connectivity index (χ3v) is 12.0. The van der Waals surface area contributed by atoms with E-state index in [1.54, 1.807) is 79.3 Å². The number of halogens is 3. The van der Waals surface area contributed by atoms with Crippen molar-refractivity contribution in [3.05, 3.63) is 283 Å². The number of carboxylic acids is 1. The molecule has 0 saturated heterocycles. The Balaban J connectivity index is 0.00000105. The number of alkyl halides is 3. The molecule has 484 valence electrons. The van der Waals surface area contributed by atoms with E-state index in [1.807, 2.05) is 156 Å². The molecular weight excluding hydrogens is 1890 g/mol. The topological polar surface area (TPSA) is 176 Å². The number of aromatic nitrogens is 5. The van der Waals surface area contributed by atoms with Gasteiger partial charge in [-0.05, 0) is 85.5 Å². The second-order valence-electron chi connectivity index (χ2n) is 20.7. The summed E-state index contributed by atoms with van der Waals surface area (Å²) in [5.74, 6) is -0.949. The third-order valence-electron chi connectivity index (χ3n) is 11.2. The molecule has 0 fully saturated rings. The van der Waals surface area contributed by atoms with Gasteiger partial charge >= 0.3 is 12.1 Å². The van der Waals surface area contributed by atoms with Crippen LogP contribution >= 0.6 is 11.3 Å². The summed E-state index contributed by atoms with van der Waals surface area (Å²) in [6, 6.07) is 70.4. The van der Waals surface area contributed by atoms with Gasteiger partial charge in [0.1, 0.15) is 17.1 Å². The molecule has 0 aliphatic heterocycles. The average molecular weight is 1960 g/mol. The van der Waals surface area contributed by atoms with Gasteiger partial charge in [0, 0.05) is 128 Å². The van der Waals surface area contributed by atoms with Crippen molar-refractivity contribution in [2.75, 3.05) is 0 Å². The monoisotopic (exact) mass is 1960 g/mol. The number of aliphatic hydroxyl groups excluding tert-OH is 2. The van der Waals surface area contributed by atoms with Crippen LogP contribution in [0.3, 0.4) is 0 Å². The van der Waals surface area contributed by atoms with Crippen molar-refractivity contribution in [2.45, 2.75) is 68.5 Å². The number of rotatable bonds is 8. The van der Waals surface area contributed by atoms with Crippen LogP contribution in [0.2, 0.25) is 0 Å². The molecule has 3 N–H and O–H groups in total. The summed E-state index contributed by atoms with van der Waals surface area (Å²) in [7, 11) is 0. The fraction of sp³-hybridized carbons (Fsp3) is 0.167. The second kappa shape index (κ2) is 43.4. The first-order valence-corrected chi connectivity index (χ1v) is 27.9. The number of hydrogen-bond acceptors (Lipinski definition) is 11. The first-order chi connectivity index (χ1) is 41.3. The molecule has 10 aromatic rings. The Kier molecular flexibility index (Phi) is 39.9. The van der Waals surface area contributed by atoms with Crippen molar-refractivity contribution in [1.82, 2.24) is 24.9 Å². The zero-order valence-electron chi connectivity index (χ0n) is 51.1. The summed E-state index contributed by atoms with van der Waals surface area (Å²) in [5, 5.41) is 28.2. The SMILES string of the molecule is CC(=O)C=C(C)O.CC(C)(C)C(=O)C=C(O)C(C)(C)C.Cc1cc(-c2[c-]cccc2)nc(C(F)(F)F)c1.O=C(O)c1ccccn1.[Ir].[Ir].[Ir].[Ir].[c-]1ccc(-c2ccccc2)cc1-c1ccccn1.[c-]1ccccc1-c1ccccn1.[c-]1ccsc1-c1ccccn1. The molecular formula is C72H68F3Ir4N5O6S-4. The van der Waals surface area contributed by atoms with E-state index in [1.165, 1.54) is 49.4 Å². The molecule has 0 unspecified atom stereocenters. The summed E-state index contributed by atoms with van der Waals surface area (Å²) < 4.78 is 37.8. The Hall–Kier alpha value is -7.39. The largest absolute Gasteiger partial charge is 0.512 e. The number of allylic oxidation sites excluding steroid dienone is 4. The Labute approximate surface area is 590 Å². The van der Waals surface area contributed by atoms with E-state index < -0.39 is 23.3 Å². The fourth-order valence-corrected chi connectivity index (χ4v) is 7.39. The zero-order chi connectivity index (χ0) is 63.8. The number of carboxylic acid groups (broad SMARTS) is 1. The van der Waals surface area contributed by atoms with Gasteiger partial charge in [0.25, 0.3) is 0 Å². The fourth-order valence-electron chi connectivity index (χ4n) is 6.74. The molecule has 0 amide bonds. The van der Waals surface area contributed by atoms with Crippen LogP contribution in [0, 0.1) is 42.0 Å². The molecule has 11 nitrogen and oxygen atoms in total. The van der Waals surface area contributed by atoms with E-state index in [-0.39, 0.29) is 120 Å². The van der Waals surface area contributed by atoms with Crippen molar-refractivity contribution in [1.29, 1.82) is 0 Å². The van der Waals surface area contributed by atoms with Crippen molar-refractivity contribution < 1.29 is 123 Å². The van der Waals surface area contributed by atoms with Crippen molar-refractivity contribution in [3.8, 4) is 55.5 Å². The molecule has 4 aromatic carbocycles. The van der Waals surface area contributed by atoms with Crippen LogP contribution < -0.4 is 0 Å². The van der Waals surface area contributed by atoms with Gasteiger partial charge in [0.05, 0.1) is 5.76 Å². The number of aryl methyl sites for hydroxylation is 1. The zero-order valence-corrected chi connectivity index (χ0v) is 61.5. The molecule has 10 rings (SSSR count). The van der Waals surface area contributed by atoms with Gasteiger partial charge in [-0.1, -0.05) is 131 Å². The van der Waals surface area contributed by atoms with Crippen LogP contribution in [0.1, 0.15) is 77.1 Å². The van der Waals surface area contributed by atoms with Gasteiger partial charge in [-0.3, -0.25) is 14.6 Å². The molecule has 19 heteroatoms. The number of ketones is 2. The minimum absolute atomic E-state index is 0. The van der Waals surface area contributed by atoms with Gasteiger partial charge in [0.15, 0.2) is 11.6 Å². The maximum atomic E-state index is 12.6. The Morgan fingerprint density at radius 1 is 0.484 bits per heavy atom. The third kappa shape index (κ3) is 33.0. The van der Waals surface area contributed by atoms with Crippen molar-refractivity contribution in [3.63, 3.8) is 0 Å². The van der Waals surface area contributed by atoms with E-state index in [0.29, 0.717) is 11.1 Å². The van der Waals surface area contributed by atoms with E-state index in [0.717, 1.165) is 39.2 Å². The van der Waals surface area contributed by atoms with Gasteiger partial charge < -0.3 is 30.3 Å². The molecule has 0 aliphatic carbocycles. The molecule has 0 bridgehead atoms. The number of nitrogens with zero attached hydrogens (tertiary/aromatic N) is 5.